The molecule has 220 valence electrons. The van der Waals surface area contributed by atoms with Crippen molar-refractivity contribution in [3.63, 3.8) is 0 Å². The molecule has 3 rings (SSSR count). The molecule has 0 atom stereocenters. The zero-order chi connectivity index (χ0) is 28.7. The van der Waals surface area contributed by atoms with Crippen molar-refractivity contribution in [3.05, 3.63) is 67.8 Å². The average Bonchev–Trinajstić information content (AvgIpc) is 2.92. The zero-order valence-electron chi connectivity index (χ0n) is 22.3. The Bertz CT molecular complexity index is 998. The molecule has 0 aromatic heterocycles. The quantitative estimate of drug-likeness (QED) is 0.388. The van der Waals surface area contributed by atoms with Crippen LogP contribution in [0.3, 0.4) is 0 Å². The van der Waals surface area contributed by atoms with E-state index in [1.807, 2.05) is 9.80 Å². The van der Waals surface area contributed by atoms with Gasteiger partial charge >= 0.3 is 0 Å². The van der Waals surface area contributed by atoms with E-state index in [9.17, 15) is 30.4 Å². The molecule has 40 heavy (non-hydrogen) atoms. The summed E-state index contributed by atoms with van der Waals surface area (Å²) in [6, 6.07) is 7.92. The third-order valence-corrected chi connectivity index (χ3v) is 6.29. The number of hydrogen-bond acceptors (Lipinski definition) is 12. The summed E-state index contributed by atoms with van der Waals surface area (Å²) in [6.45, 7) is 5.66. The minimum atomic E-state index is -0.495. The molecule has 14 heteroatoms. The summed E-state index contributed by atoms with van der Waals surface area (Å²) in [6.07, 6.45) is 0. The van der Waals surface area contributed by atoms with Crippen molar-refractivity contribution in [2.24, 2.45) is 0 Å². The Morgan fingerprint density at radius 2 is 0.925 bits per heavy atom. The maximum absolute atomic E-state index is 11.1. The number of rotatable bonds is 6. The van der Waals surface area contributed by atoms with Crippen molar-refractivity contribution in [1.29, 1.82) is 0 Å². The van der Waals surface area contributed by atoms with Gasteiger partial charge in [-0.15, -0.1) is 0 Å². The number of nitro groups is 2. The lowest BCUT2D eigenvalue weighted by Crippen LogP contribution is -2.32. The van der Waals surface area contributed by atoms with Gasteiger partial charge in [-0.25, -0.2) is 0 Å². The smallest absolute Gasteiger partial charge is 0.270 e. The van der Waals surface area contributed by atoms with E-state index in [0.717, 1.165) is 0 Å². The van der Waals surface area contributed by atoms with E-state index in [1.54, 1.807) is 0 Å². The first-order valence-corrected chi connectivity index (χ1v) is 13.0. The molecule has 1 aliphatic heterocycles. The third kappa shape index (κ3) is 10.6. The highest BCUT2D eigenvalue weighted by molar-refractivity contribution is 5.43. The van der Waals surface area contributed by atoms with E-state index in [4.69, 9.17) is 18.9 Å². The average molecular weight is 565 g/mol. The summed E-state index contributed by atoms with van der Waals surface area (Å²) in [5.41, 5.74) is 0.727. The molecular weight excluding hydrogens is 528 g/mol. The highest BCUT2D eigenvalue weighted by Crippen LogP contribution is 2.25. The Morgan fingerprint density at radius 3 is 1.23 bits per heavy atom. The topological polar surface area (TPSA) is 170 Å². The highest BCUT2D eigenvalue weighted by atomic mass is 16.6. The first-order valence-electron chi connectivity index (χ1n) is 13.0. The summed E-state index contributed by atoms with van der Waals surface area (Å²) in [4.78, 5) is 25.3. The fourth-order valence-electron chi connectivity index (χ4n) is 4.06. The molecule has 1 saturated heterocycles. The summed E-state index contributed by atoms with van der Waals surface area (Å²) in [5, 5.41) is 42.6. The van der Waals surface area contributed by atoms with Gasteiger partial charge in [0.1, 0.15) is 11.5 Å². The number of aromatic hydroxyl groups is 2. The van der Waals surface area contributed by atoms with E-state index >= 15 is 0 Å². The van der Waals surface area contributed by atoms with Gasteiger partial charge in [-0.3, -0.25) is 30.0 Å². The molecule has 1 fully saturated rings. The van der Waals surface area contributed by atoms with Crippen molar-refractivity contribution in [1.82, 2.24) is 9.80 Å². The second-order valence-corrected chi connectivity index (χ2v) is 9.14. The molecule has 0 saturated carbocycles. The van der Waals surface area contributed by atoms with Crippen LogP contribution < -0.4 is 0 Å². The largest absolute Gasteiger partial charge is 0.508 e. The Balaban J connectivity index is 1.53. The van der Waals surface area contributed by atoms with E-state index < -0.39 is 9.85 Å². The van der Waals surface area contributed by atoms with Crippen molar-refractivity contribution < 1.29 is 39.0 Å². The van der Waals surface area contributed by atoms with Crippen molar-refractivity contribution in [2.45, 2.75) is 13.1 Å². The number of phenols is 2. The van der Waals surface area contributed by atoms with Crippen LogP contribution in [0.4, 0.5) is 11.4 Å². The maximum atomic E-state index is 11.1. The van der Waals surface area contributed by atoms with Gasteiger partial charge in [-0.1, -0.05) is 0 Å². The number of non-ortho nitro benzene ring substituents is 2. The molecule has 0 aliphatic carbocycles. The Kier molecular flexibility index (Phi) is 13.0. The van der Waals surface area contributed by atoms with Gasteiger partial charge in [0.05, 0.1) is 62.7 Å². The van der Waals surface area contributed by atoms with Crippen LogP contribution in [0.5, 0.6) is 11.5 Å². The van der Waals surface area contributed by atoms with Crippen LogP contribution >= 0.6 is 0 Å². The molecule has 0 radical (unpaired) electrons. The zero-order valence-corrected chi connectivity index (χ0v) is 22.3. The first-order chi connectivity index (χ1) is 19.3. The van der Waals surface area contributed by atoms with Gasteiger partial charge in [0.15, 0.2) is 0 Å². The Hall–Kier alpha value is -3.40. The van der Waals surface area contributed by atoms with Crippen LogP contribution in [0, 0.1) is 20.2 Å². The number of phenolic OH excluding ortho intramolecular Hbond substituents is 2. The predicted octanol–water partition coefficient (Wildman–Crippen LogP) is 2.30. The van der Waals surface area contributed by atoms with Crippen LogP contribution in [0.25, 0.3) is 0 Å². The van der Waals surface area contributed by atoms with Gasteiger partial charge in [-0.2, -0.15) is 0 Å². The molecule has 2 aromatic rings. The molecule has 0 amide bonds. The van der Waals surface area contributed by atoms with Crippen molar-refractivity contribution in [2.75, 3.05) is 79.0 Å². The van der Waals surface area contributed by atoms with Gasteiger partial charge in [0, 0.05) is 74.7 Å². The summed E-state index contributed by atoms with van der Waals surface area (Å²) in [7, 11) is 0. The first kappa shape index (κ1) is 31.1. The second-order valence-electron chi connectivity index (χ2n) is 9.14. The number of nitro benzene ring substituents is 2. The van der Waals surface area contributed by atoms with Crippen LogP contribution in [0.15, 0.2) is 36.4 Å². The Morgan fingerprint density at radius 1 is 0.600 bits per heavy atom. The molecule has 0 spiro atoms. The molecular formula is C26H36N4O10. The number of ether oxygens (including phenoxy) is 4. The predicted molar refractivity (Wildman–Crippen MR) is 143 cm³/mol. The van der Waals surface area contributed by atoms with E-state index in [0.29, 0.717) is 103 Å². The number of hydrogen-bond donors (Lipinski definition) is 2. The maximum Gasteiger partial charge on any atom is 0.270 e. The highest BCUT2D eigenvalue weighted by Gasteiger charge is 2.16. The number of nitrogens with zero attached hydrogens (tertiary/aromatic N) is 4. The fraction of sp³-hybridized carbons (Fsp3) is 0.538. The lowest BCUT2D eigenvalue weighted by Gasteiger charge is -2.24. The van der Waals surface area contributed by atoms with Crippen LogP contribution in [0.1, 0.15) is 11.1 Å². The molecule has 1 heterocycles. The lowest BCUT2D eigenvalue weighted by atomic mass is 10.1. The van der Waals surface area contributed by atoms with Crippen LogP contribution in [0.2, 0.25) is 0 Å². The Labute approximate surface area is 231 Å². The number of benzene rings is 2. The summed E-state index contributed by atoms with van der Waals surface area (Å²) in [5.74, 6) is -0.0214. The van der Waals surface area contributed by atoms with Crippen molar-refractivity contribution >= 4 is 11.4 Å². The molecule has 2 N–H and O–H groups in total. The van der Waals surface area contributed by atoms with E-state index in [1.165, 1.54) is 36.4 Å². The van der Waals surface area contributed by atoms with Gasteiger partial charge < -0.3 is 29.2 Å². The van der Waals surface area contributed by atoms with E-state index in [-0.39, 0.29) is 22.9 Å². The monoisotopic (exact) mass is 564 g/mol. The SMILES string of the molecule is O=[N+]([O-])c1ccc(O)c(CN2CCOCCOCCN(Cc3cc([N+](=O)[O-])ccc3O)CCOCCOCC2)c1. The summed E-state index contributed by atoms with van der Waals surface area (Å²) >= 11 is 0. The van der Waals surface area contributed by atoms with Gasteiger partial charge in [0.25, 0.3) is 11.4 Å². The van der Waals surface area contributed by atoms with Gasteiger partial charge in [-0.05, 0) is 12.1 Å². The minimum absolute atomic E-state index is 0.0107. The molecule has 1 aliphatic rings. The van der Waals surface area contributed by atoms with Crippen LogP contribution in [-0.2, 0) is 32.0 Å². The minimum Gasteiger partial charge on any atom is -0.508 e. The van der Waals surface area contributed by atoms with Crippen LogP contribution in [-0.4, -0.2) is 109 Å². The molecule has 0 bridgehead atoms. The summed E-state index contributed by atoms with van der Waals surface area (Å²) < 4.78 is 22.8. The standard InChI is InChI=1S/C26H36N4O10/c31-25-3-1-23(29(33)34)17-21(25)19-27-5-9-37-13-15-39-11-7-28(8-12-40-16-14-38-10-6-27)20-22-18-24(30(35)36)2-4-26(22)32/h1-4,17-18,31-32H,5-16,19-20H2. The lowest BCUT2D eigenvalue weighted by molar-refractivity contribution is -0.385. The third-order valence-electron chi connectivity index (χ3n) is 6.29. The molecule has 0 unspecified atom stereocenters. The van der Waals surface area contributed by atoms with Gasteiger partial charge in [0.2, 0.25) is 0 Å². The second kappa shape index (κ2) is 16.6. The molecule has 2 aromatic carbocycles. The molecule has 14 nitrogen and oxygen atoms in total. The van der Waals surface area contributed by atoms with E-state index in [2.05, 4.69) is 0 Å². The fourth-order valence-corrected chi connectivity index (χ4v) is 4.06. The van der Waals surface area contributed by atoms with Crippen molar-refractivity contribution in [3.8, 4) is 11.5 Å². The normalized spacial score (nSPS) is 18.0.